The minimum atomic E-state index is -0.494. The number of esters is 1. The number of rotatable bonds is 7. The van der Waals surface area contributed by atoms with Crippen LogP contribution in [0.3, 0.4) is 0 Å². The van der Waals surface area contributed by atoms with Crippen LogP contribution in [-0.4, -0.2) is 30.2 Å². The van der Waals surface area contributed by atoms with Gasteiger partial charge in [-0.05, 0) is 59.7 Å². The number of nitrogens with zero attached hydrogens (tertiary/aromatic N) is 1. The predicted octanol–water partition coefficient (Wildman–Crippen LogP) is 6.48. The van der Waals surface area contributed by atoms with Crippen molar-refractivity contribution < 1.29 is 19.1 Å². The average Bonchev–Trinajstić information content (AvgIpc) is 3.33. The van der Waals surface area contributed by atoms with Gasteiger partial charge in [-0.2, -0.15) is 5.10 Å². The average molecular weight is 524 g/mol. The molecule has 188 valence electrons. The largest absolute Gasteiger partial charge is 0.493 e. The predicted molar refractivity (Wildman–Crippen MR) is 148 cm³/mol. The number of halogens is 1. The first kappa shape index (κ1) is 24.8. The summed E-state index contributed by atoms with van der Waals surface area (Å²) in [5.74, 6) is -0.283. The Morgan fingerprint density at radius 1 is 0.895 bits per heavy atom. The summed E-state index contributed by atoms with van der Waals surface area (Å²) in [6.45, 7) is 0. The lowest BCUT2D eigenvalue weighted by Crippen LogP contribution is -2.18. The van der Waals surface area contributed by atoms with Gasteiger partial charge in [0.15, 0.2) is 11.5 Å². The molecule has 0 atom stereocenters. The van der Waals surface area contributed by atoms with E-state index in [0.717, 1.165) is 22.0 Å². The zero-order chi connectivity index (χ0) is 26.5. The minimum absolute atomic E-state index is 0.270. The number of hydrazone groups is 1. The molecule has 7 nitrogen and oxygen atoms in total. The van der Waals surface area contributed by atoms with Crippen molar-refractivity contribution in [2.75, 3.05) is 7.11 Å². The van der Waals surface area contributed by atoms with Gasteiger partial charge in [-0.25, -0.2) is 10.2 Å². The minimum Gasteiger partial charge on any atom is -0.493 e. The van der Waals surface area contributed by atoms with Gasteiger partial charge in [0.2, 0.25) is 0 Å². The number of ether oxygens (including phenoxy) is 2. The molecule has 8 heteroatoms. The Labute approximate surface area is 223 Å². The van der Waals surface area contributed by atoms with Crippen LogP contribution in [0.2, 0.25) is 5.02 Å². The first-order valence-electron chi connectivity index (χ1n) is 11.7. The lowest BCUT2D eigenvalue weighted by atomic mass is 10.0. The number of benzene rings is 4. The number of fused-ring (bicyclic) bond motifs is 1. The second-order valence-electron chi connectivity index (χ2n) is 8.30. The zero-order valence-corrected chi connectivity index (χ0v) is 21.0. The molecule has 1 heterocycles. The molecule has 0 unspecified atom stereocenters. The van der Waals surface area contributed by atoms with E-state index in [4.69, 9.17) is 21.1 Å². The SMILES string of the molecule is COc1cc(C=NNC(=O)c2[nH]c3ccc(Cl)cc3c2-c2ccccc2)ccc1OC(=O)c1ccccc1. The smallest absolute Gasteiger partial charge is 0.343 e. The molecule has 0 saturated heterocycles. The van der Waals surface area contributed by atoms with E-state index in [1.54, 1.807) is 48.5 Å². The molecule has 1 aromatic heterocycles. The second kappa shape index (κ2) is 11.0. The highest BCUT2D eigenvalue weighted by molar-refractivity contribution is 6.31. The van der Waals surface area contributed by atoms with Crippen LogP contribution >= 0.6 is 11.6 Å². The molecule has 0 aliphatic rings. The highest BCUT2D eigenvalue weighted by atomic mass is 35.5. The Balaban J connectivity index is 1.35. The van der Waals surface area contributed by atoms with Crippen LogP contribution in [0.15, 0.2) is 102 Å². The van der Waals surface area contributed by atoms with Crippen molar-refractivity contribution in [3.8, 4) is 22.6 Å². The summed E-state index contributed by atoms with van der Waals surface area (Å²) < 4.78 is 10.9. The zero-order valence-electron chi connectivity index (χ0n) is 20.3. The van der Waals surface area contributed by atoms with Crippen molar-refractivity contribution in [2.24, 2.45) is 5.10 Å². The molecule has 0 aliphatic heterocycles. The molecule has 0 fully saturated rings. The van der Waals surface area contributed by atoms with Crippen LogP contribution in [0.4, 0.5) is 0 Å². The lowest BCUT2D eigenvalue weighted by molar-refractivity contribution is 0.0729. The number of carbonyl (C=O) groups is 2. The molecule has 0 radical (unpaired) electrons. The molecule has 0 aliphatic carbocycles. The molecule has 0 bridgehead atoms. The van der Waals surface area contributed by atoms with Crippen LogP contribution in [0.5, 0.6) is 11.5 Å². The Morgan fingerprint density at radius 3 is 2.37 bits per heavy atom. The van der Waals surface area contributed by atoms with Gasteiger partial charge in [0.05, 0.1) is 18.9 Å². The monoisotopic (exact) mass is 523 g/mol. The van der Waals surface area contributed by atoms with Crippen molar-refractivity contribution in [3.05, 3.63) is 119 Å². The maximum absolute atomic E-state index is 13.1. The normalized spacial score (nSPS) is 11.0. The van der Waals surface area contributed by atoms with E-state index < -0.39 is 11.9 Å². The van der Waals surface area contributed by atoms with Gasteiger partial charge in [-0.15, -0.1) is 0 Å². The molecule has 5 rings (SSSR count). The number of hydrogen-bond donors (Lipinski definition) is 2. The van der Waals surface area contributed by atoms with Gasteiger partial charge in [-0.3, -0.25) is 4.79 Å². The van der Waals surface area contributed by atoms with E-state index in [9.17, 15) is 9.59 Å². The quantitative estimate of drug-likeness (QED) is 0.110. The van der Waals surface area contributed by atoms with Crippen molar-refractivity contribution in [2.45, 2.75) is 0 Å². The molecule has 4 aromatic carbocycles. The molecule has 38 heavy (non-hydrogen) atoms. The molecule has 0 saturated carbocycles. The number of aromatic amines is 1. The Morgan fingerprint density at radius 2 is 1.63 bits per heavy atom. The molecule has 0 spiro atoms. The summed E-state index contributed by atoms with van der Waals surface area (Å²) in [6, 6.07) is 28.7. The lowest BCUT2D eigenvalue weighted by Gasteiger charge is -2.10. The highest BCUT2D eigenvalue weighted by Gasteiger charge is 2.19. The standard InChI is InChI=1S/C30H22ClN3O4/c1-37-26-16-19(12-15-25(26)38-30(36)21-10-6-3-7-11-21)18-32-34-29(35)28-27(20-8-4-2-5-9-20)23-17-22(31)13-14-24(23)33-28/h2-18,33H,1H3,(H,34,35). The maximum Gasteiger partial charge on any atom is 0.343 e. The third-order valence-corrected chi connectivity index (χ3v) is 6.06. The van der Waals surface area contributed by atoms with E-state index >= 15 is 0 Å². The fourth-order valence-electron chi connectivity index (χ4n) is 4.04. The van der Waals surface area contributed by atoms with Gasteiger partial charge < -0.3 is 14.5 Å². The summed E-state index contributed by atoms with van der Waals surface area (Å²) in [6.07, 6.45) is 1.48. The Bertz CT molecular complexity index is 1650. The van der Waals surface area contributed by atoms with Crippen molar-refractivity contribution in [1.29, 1.82) is 0 Å². The van der Waals surface area contributed by atoms with Crippen molar-refractivity contribution in [3.63, 3.8) is 0 Å². The summed E-state index contributed by atoms with van der Waals surface area (Å²) in [5.41, 5.74) is 6.41. The van der Waals surface area contributed by atoms with Crippen LogP contribution < -0.4 is 14.9 Å². The number of amides is 1. The Hall–Kier alpha value is -4.88. The number of H-pyrrole nitrogens is 1. The first-order valence-corrected chi connectivity index (χ1v) is 12.1. The van der Waals surface area contributed by atoms with Crippen molar-refractivity contribution >= 4 is 40.6 Å². The van der Waals surface area contributed by atoms with Gasteiger partial charge >= 0.3 is 5.97 Å². The molecule has 5 aromatic rings. The van der Waals surface area contributed by atoms with E-state index in [-0.39, 0.29) is 5.75 Å². The second-order valence-corrected chi connectivity index (χ2v) is 8.73. The summed E-state index contributed by atoms with van der Waals surface area (Å²) >= 11 is 6.24. The third-order valence-electron chi connectivity index (χ3n) is 5.83. The molecule has 2 N–H and O–H groups in total. The van der Waals surface area contributed by atoms with Gasteiger partial charge in [0.25, 0.3) is 5.91 Å². The fraction of sp³-hybridized carbons (Fsp3) is 0.0333. The Kier molecular flexibility index (Phi) is 7.19. The number of hydrogen-bond acceptors (Lipinski definition) is 5. The van der Waals surface area contributed by atoms with Crippen molar-refractivity contribution in [1.82, 2.24) is 10.4 Å². The van der Waals surface area contributed by atoms with Crippen LogP contribution in [0.1, 0.15) is 26.4 Å². The van der Waals surface area contributed by atoms with E-state index in [0.29, 0.717) is 27.6 Å². The number of nitrogens with one attached hydrogen (secondary N) is 2. The van der Waals surface area contributed by atoms with Gasteiger partial charge in [0.1, 0.15) is 5.69 Å². The van der Waals surface area contributed by atoms with Crippen LogP contribution in [0, 0.1) is 0 Å². The summed E-state index contributed by atoms with van der Waals surface area (Å²) in [7, 11) is 1.48. The topological polar surface area (TPSA) is 92.8 Å². The van der Waals surface area contributed by atoms with E-state index in [2.05, 4.69) is 15.5 Å². The van der Waals surface area contributed by atoms with E-state index in [1.165, 1.54) is 13.3 Å². The van der Waals surface area contributed by atoms with Gasteiger partial charge in [-0.1, -0.05) is 60.1 Å². The maximum atomic E-state index is 13.1. The number of methoxy groups -OCH3 is 1. The fourth-order valence-corrected chi connectivity index (χ4v) is 4.21. The first-order chi connectivity index (χ1) is 18.5. The summed E-state index contributed by atoms with van der Waals surface area (Å²) in [4.78, 5) is 28.7. The number of carbonyl (C=O) groups excluding carboxylic acids is 2. The van der Waals surface area contributed by atoms with Crippen LogP contribution in [-0.2, 0) is 0 Å². The summed E-state index contributed by atoms with van der Waals surface area (Å²) in [5, 5.41) is 5.53. The van der Waals surface area contributed by atoms with Gasteiger partial charge in [0, 0.05) is 21.5 Å². The molecule has 1 amide bonds. The molecular formula is C30H22ClN3O4. The van der Waals surface area contributed by atoms with E-state index in [1.807, 2.05) is 48.5 Å². The third kappa shape index (κ3) is 5.28. The van der Waals surface area contributed by atoms with Crippen LogP contribution in [0.25, 0.3) is 22.0 Å². The molecular weight excluding hydrogens is 502 g/mol. The highest BCUT2D eigenvalue weighted by Crippen LogP contribution is 2.34. The number of aromatic nitrogens is 1.